The van der Waals surface area contributed by atoms with Gasteiger partial charge in [0.25, 0.3) is 0 Å². The lowest BCUT2D eigenvalue weighted by molar-refractivity contribution is -0.167. The van der Waals surface area contributed by atoms with Crippen LogP contribution in [0.1, 0.15) is 348 Å². The van der Waals surface area contributed by atoms with Gasteiger partial charge < -0.3 is 14.2 Å². The lowest BCUT2D eigenvalue weighted by Gasteiger charge is -2.18. The zero-order valence-corrected chi connectivity index (χ0v) is 53.1. The van der Waals surface area contributed by atoms with Gasteiger partial charge in [0.1, 0.15) is 13.2 Å². The zero-order valence-electron chi connectivity index (χ0n) is 53.1. The fraction of sp³-hybridized carbons (Fsp3) is 0.770. The maximum Gasteiger partial charge on any atom is 0.306 e. The molecule has 0 heterocycles. The van der Waals surface area contributed by atoms with Crippen molar-refractivity contribution in [2.24, 2.45) is 0 Å². The van der Waals surface area contributed by atoms with Gasteiger partial charge in [-0.2, -0.15) is 0 Å². The normalized spacial score (nSPS) is 12.6. The number of hydrogen-bond acceptors (Lipinski definition) is 6. The number of allylic oxidation sites excluding steroid dienone is 14. The Balaban J connectivity index is 4.16. The van der Waals surface area contributed by atoms with E-state index < -0.39 is 6.10 Å². The van der Waals surface area contributed by atoms with Crippen LogP contribution in [0.3, 0.4) is 0 Å². The highest BCUT2D eigenvalue weighted by atomic mass is 16.6. The topological polar surface area (TPSA) is 78.9 Å². The molecule has 0 saturated carbocycles. The molecule has 80 heavy (non-hydrogen) atoms. The molecule has 6 heteroatoms. The van der Waals surface area contributed by atoms with Gasteiger partial charge >= 0.3 is 17.9 Å². The molecule has 0 aliphatic rings. The Bertz CT molecular complexity index is 1520. The van der Waals surface area contributed by atoms with Crippen LogP contribution in [-0.2, 0) is 28.6 Å². The predicted molar refractivity (Wildman–Crippen MR) is 348 cm³/mol. The van der Waals surface area contributed by atoms with Gasteiger partial charge in [0, 0.05) is 19.3 Å². The molecule has 0 aliphatic carbocycles. The molecule has 6 nitrogen and oxygen atoms in total. The van der Waals surface area contributed by atoms with Gasteiger partial charge in [-0.05, 0) is 96.3 Å². The van der Waals surface area contributed by atoms with E-state index in [4.69, 9.17) is 14.2 Å². The van der Waals surface area contributed by atoms with E-state index in [1.807, 2.05) is 0 Å². The van der Waals surface area contributed by atoms with E-state index in [0.717, 1.165) is 103 Å². The van der Waals surface area contributed by atoms with E-state index in [1.165, 1.54) is 205 Å². The number of carbonyl (C=O) groups is 3. The van der Waals surface area contributed by atoms with Crippen LogP contribution < -0.4 is 0 Å². The van der Waals surface area contributed by atoms with E-state index in [9.17, 15) is 14.4 Å². The molecule has 0 N–H and O–H groups in total. The highest BCUT2D eigenvalue weighted by molar-refractivity contribution is 5.71. The molecule has 0 saturated heterocycles. The average molecular weight is 1120 g/mol. The van der Waals surface area contributed by atoms with Crippen LogP contribution in [0.15, 0.2) is 85.1 Å². The van der Waals surface area contributed by atoms with Gasteiger partial charge in [0.2, 0.25) is 0 Å². The summed E-state index contributed by atoms with van der Waals surface area (Å²) in [6.45, 7) is 6.54. The van der Waals surface area contributed by atoms with Crippen molar-refractivity contribution < 1.29 is 28.6 Å². The van der Waals surface area contributed by atoms with E-state index in [-0.39, 0.29) is 31.1 Å². The summed E-state index contributed by atoms with van der Waals surface area (Å²) in [5.74, 6) is -0.865. The van der Waals surface area contributed by atoms with Gasteiger partial charge in [-0.1, -0.05) is 318 Å². The van der Waals surface area contributed by atoms with Crippen LogP contribution in [0.2, 0.25) is 0 Å². The molecule has 0 radical (unpaired) electrons. The first-order valence-corrected chi connectivity index (χ1v) is 34.6. The summed E-state index contributed by atoms with van der Waals surface area (Å²) in [6.07, 6.45) is 90.4. The molecule has 0 aromatic rings. The molecule has 0 fully saturated rings. The second-order valence-corrected chi connectivity index (χ2v) is 23.1. The second-order valence-electron chi connectivity index (χ2n) is 23.1. The van der Waals surface area contributed by atoms with Gasteiger partial charge in [-0.3, -0.25) is 14.4 Å². The first-order valence-electron chi connectivity index (χ1n) is 34.6. The minimum absolute atomic E-state index is 0.0744. The quantitative estimate of drug-likeness (QED) is 0.0261. The Labute approximate surface area is 496 Å². The number of ether oxygens (including phenoxy) is 3. The summed E-state index contributed by atoms with van der Waals surface area (Å²) in [4.78, 5) is 38.3. The monoisotopic (exact) mass is 1110 g/mol. The summed E-state index contributed by atoms with van der Waals surface area (Å²) in [7, 11) is 0. The highest BCUT2D eigenvalue weighted by Crippen LogP contribution is 2.18. The van der Waals surface area contributed by atoms with Gasteiger partial charge in [-0.25, -0.2) is 0 Å². The molecule has 1 unspecified atom stereocenters. The van der Waals surface area contributed by atoms with Crippen molar-refractivity contribution in [3.05, 3.63) is 85.1 Å². The third-order valence-corrected chi connectivity index (χ3v) is 15.1. The molecule has 0 aliphatic heterocycles. The van der Waals surface area contributed by atoms with Crippen LogP contribution >= 0.6 is 0 Å². The standard InChI is InChI=1S/C74H130O6/c1-4-7-10-13-16-19-22-25-27-29-30-31-32-33-34-35-36-37-38-39-40-41-42-43-44-46-47-49-52-55-58-61-64-67-73(76)79-70-71(69-78-72(75)66-63-60-57-54-51-24-21-18-15-12-9-6-3)80-74(77)68-65-62-59-56-53-50-48-45-28-26-23-20-17-14-11-8-5-2/h7,10,16,18-19,21,25,27,30-31,33-34,36-37,71H,4-6,8-9,11-15,17,20,22-24,26,28-29,32,35,38-70H2,1-3H3/b10-7-,19-16-,21-18-,27-25-,31-30-,34-33-,37-36-. The number of rotatable bonds is 63. The SMILES string of the molecule is CC/C=C\C/C=C\C/C=C\C/C=C\C/C=C\C/C=C\CCCCCCCCCCCCCCCCC(=O)OCC(COC(=O)CCCCCCC/C=C\CCCCC)OC(=O)CCCCCCCCCCCCCCCCCCC. The zero-order chi connectivity index (χ0) is 57.8. The number of hydrogen-bond donors (Lipinski definition) is 0. The number of carbonyl (C=O) groups excluding carboxylic acids is 3. The van der Waals surface area contributed by atoms with E-state index in [0.29, 0.717) is 19.3 Å². The van der Waals surface area contributed by atoms with Crippen LogP contribution in [0.4, 0.5) is 0 Å². The smallest absolute Gasteiger partial charge is 0.306 e. The lowest BCUT2D eigenvalue weighted by atomic mass is 10.0. The van der Waals surface area contributed by atoms with Crippen molar-refractivity contribution >= 4 is 17.9 Å². The molecule has 1 atom stereocenters. The molecular weight excluding hydrogens is 985 g/mol. The summed E-state index contributed by atoms with van der Waals surface area (Å²) < 4.78 is 16.9. The molecule has 0 aromatic heterocycles. The van der Waals surface area contributed by atoms with Crippen molar-refractivity contribution in [3.8, 4) is 0 Å². The first-order chi connectivity index (χ1) is 39.5. The Morgan fingerprint density at radius 3 is 0.800 bits per heavy atom. The average Bonchev–Trinajstić information content (AvgIpc) is 3.46. The number of unbranched alkanes of at least 4 members (excludes halogenated alkanes) is 38. The molecule has 0 rings (SSSR count). The third-order valence-electron chi connectivity index (χ3n) is 15.1. The molecular formula is C74H130O6. The van der Waals surface area contributed by atoms with Gasteiger partial charge in [0.15, 0.2) is 6.10 Å². The molecule has 462 valence electrons. The summed E-state index contributed by atoms with van der Waals surface area (Å²) >= 11 is 0. The van der Waals surface area contributed by atoms with Crippen molar-refractivity contribution in [1.29, 1.82) is 0 Å². The minimum Gasteiger partial charge on any atom is -0.462 e. The minimum atomic E-state index is -0.777. The maximum atomic E-state index is 12.9. The van der Waals surface area contributed by atoms with Crippen molar-refractivity contribution in [3.63, 3.8) is 0 Å². The molecule has 0 bridgehead atoms. The number of esters is 3. The molecule has 0 aromatic carbocycles. The van der Waals surface area contributed by atoms with E-state index >= 15 is 0 Å². The Morgan fingerprint density at radius 2 is 0.487 bits per heavy atom. The summed E-state index contributed by atoms with van der Waals surface area (Å²) in [5.41, 5.74) is 0. The van der Waals surface area contributed by atoms with Crippen LogP contribution in [0, 0.1) is 0 Å². The molecule has 0 spiro atoms. The molecule has 0 amide bonds. The van der Waals surface area contributed by atoms with E-state index in [1.54, 1.807) is 0 Å². The van der Waals surface area contributed by atoms with Crippen LogP contribution in [0.5, 0.6) is 0 Å². The fourth-order valence-electron chi connectivity index (χ4n) is 9.97. The highest BCUT2D eigenvalue weighted by Gasteiger charge is 2.19. The maximum absolute atomic E-state index is 12.9. The Morgan fingerprint density at radius 1 is 0.263 bits per heavy atom. The third kappa shape index (κ3) is 65.4. The van der Waals surface area contributed by atoms with Crippen LogP contribution in [0.25, 0.3) is 0 Å². The van der Waals surface area contributed by atoms with Crippen molar-refractivity contribution in [1.82, 2.24) is 0 Å². The van der Waals surface area contributed by atoms with Crippen molar-refractivity contribution in [2.45, 2.75) is 354 Å². The summed E-state index contributed by atoms with van der Waals surface area (Å²) in [6, 6.07) is 0. The van der Waals surface area contributed by atoms with Gasteiger partial charge in [-0.15, -0.1) is 0 Å². The predicted octanol–water partition coefficient (Wildman–Crippen LogP) is 23.8. The van der Waals surface area contributed by atoms with Crippen LogP contribution in [-0.4, -0.2) is 37.2 Å². The van der Waals surface area contributed by atoms with E-state index in [2.05, 4.69) is 106 Å². The largest absolute Gasteiger partial charge is 0.462 e. The van der Waals surface area contributed by atoms with Gasteiger partial charge in [0.05, 0.1) is 0 Å². The Hall–Kier alpha value is -3.41. The summed E-state index contributed by atoms with van der Waals surface area (Å²) in [5, 5.41) is 0. The second kappa shape index (κ2) is 68.1. The fourth-order valence-corrected chi connectivity index (χ4v) is 9.97. The first kappa shape index (κ1) is 76.6. The van der Waals surface area contributed by atoms with Crippen molar-refractivity contribution in [2.75, 3.05) is 13.2 Å². The Kier molecular flexibility index (Phi) is 65.2. The lowest BCUT2D eigenvalue weighted by Crippen LogP contribution is -2.30.